The van der Waals surface area contributed by atoms with Crippen LogP contribution in [-0.2, 0) is 17.8 Å². The molecule has 0 radical (unpaired) electrons. The number of carbonyl (C=O) groups is 1. The van der Waals surface area contributed by atoms with Gasteiger partial charge in [0.25, 0.3) is 0 Å². The number of aryl methyl sites for hydroxylation is 1. The van der Waals surface area contributed by atoms with Gasteiger partial charge in [-0.1, -0.05) is 13.0 Å². The molecule has 1 aromatic rings. The molecule has 0 unspecified atom stereocenters. The number of hydrogen-bond acceptors (Lipinski definition) is 3. The third-order valence-corrected chi connectivity index (χ3v) is 2.99. The van der Waals surface area contributed by atoms with E-state index in [1.807, 2.05) is 0 Å². The van der Waals surface area contributed by atoms with Crippen molar-refractivity contribution >= 4 is 17.3 Å². The predicted octanol–water partition coefficient (Wildman–Crippen LogP) is 2.04. The van der Waals surface area contributed by atoms with Crippen molar-refractivity contribution in [1.29, 1.82) is 0 Å². The van der Waals surface area contributed by atoms with Crippen molar-refractivity contribution in [3.05, 3.63) is 34.0 Å². The van der Waals surface area contributed by atoms with Gasteiger partial charge in [-0.2, -0.15) is 0 Å². The summed E-state index contributed by atoms with van der Waals surface area (Å²) in [7, 11) is 0. The van der Waals surface area contributed by atoms with Crippen molar-refractivity contribution in [3.63, 3.8) is 0 Å². The number of aliphatic carboxylic acids is 1. The maximum Gasteiger partial charge on any atom is 0.328 e. The van der Waals surface area contributed by atoms with Crippen molar-refractivity contribution in [2.75, 3.05) is 6.54 Å². The van der Waals surface area contributed by atoms with E-state index in [-0.39, 0.29) is 0 Å². The van der Waals surface area contributed by atoms with Gasteiger partial charge in [-0.15, -0.1) is 11.3 Å². The Morgan fingerprint density at radius 1 is 1.67 bits per heavy atom. The fraction of sp³-hybridized carbons (Fsp3) is 0.364. The first-order valence-electron chi connectivity index (χ1n) is 4.89. The van der Waals surface area contributed by atoms with Gasteiger partial charge < -0.3 is 10.4 Å². The van der Waals surface area contributed by atoms with Crippen LogP contribution in [0.1, 0.15) is 17.4 Å². The quantitative estimate of drug-likeness (QED) is 0.575. The van der Waals surface area contributed by atoms with Crippen molar-refractivity contribution in [1.82, 2.24) is 5.32 Å². The van der Waals surface area contributed by atoms with Gasteiger partial charge in [-0.05, 0) is 23.4 Å². The van der Waals surface area contributed by atoms with Gasteiger partial charge in [0.15, 0.2) is 0 Å². The molecule has 0 saturated heterocycles. The third kappa shape index (κ3) is 4.27. The molecule has 1 aromatic heterocycles. The van der Waals surface area contributed by atoms with Crippen molar-refractivity contribution in [2.45, 2.75) is 19.9 Å². The summed E-state index contributed by atoms with van der Waals surface area (Å²) < 4.78 is 0. The Bertz CT molecular complexity index is 344. The largest absolute Gasteiger partial charge is 0.478 e. The Kier molecular flexibility index (Phi) is 5.07. The lowest BCUT2D eigenvalue weighted by Crippen LogP contribution is -2.13. The third-order valence-electron chi connectivity index (χ3n) is 2.03. The van der Waals surface area contributed by atoms with Crippen LogP contribution in [0.5, 0.6) is 0 Å². The summed E-state index contributed by atoms with van der Waals surface area (Å²) in [4.78, 5) is 11.5. The summed E-state index contributed by atoms with van der Waals surface area (Å²) in [5.41, 5.74) is 1.37. The lowest BCUT2D eigenvalue weighted by molar-refractivity contribution is -0.131. The number of carboxylic acid groups (broad SMARTS) is 1. The standard InChI is InChI=1S/C11H15NO2S/c1-2-9-5-7-15-10(9)8-12-6-3-4-11(13)14/h3-5,7,12H,2,6,8H2,1H3,(H,13,14)/b4-3+. The van der Waals surface area contributed by atoms with E-state index in [1.165, 1.54) is 10.4 Å². The van der Waals surface area contributed by atoms with E-state index in [2.05, 4.69) is 23.7 Å². The molecular formula is C11H15NO2S. The van der Waals surface area contributed by atoms with Crippen LogP contribution in [0.25, 0.3) is 0 Å². The highest BCUT2D eigenvalue weighted by Gasteiger charge is 2.00. The summed E-state index contributed by atoms with van der Waals surface area (Å²) in [5, 5.41) is 13.6. The van der Waals surface area contributed by atoms with Crippen molar-refractivity contribution < 1.29 is 9.90 Å². The first-order chi connectivity index (χ1) is 7.24. The van der Waals surface area contributed by atoms with E-state index in [0.29, 0.717) is 6.54 Å². The first-order valence-corrected chi connectivity index (χ1v) is 5.77. The second-order valence-electron chi connectivity index (χ2n) is 3.09. The molecule has 82 valence electrons. The Morgan fingerprint density at radius 2 is 2.47 bits per heavy atom. The number of thiophene rings is 1. The average Bonchev–Trinajstić information content (AvgIpc) is 2.64. The number of nitrogens with one attached hydrogen (secondary N) is 1. The molecule has 1 heterocycles. The molecular weight excluding hydrogens is 210 g/mol. The lowest BCUT2D eigenvalue weighted by atomic mass is 10.2. The maximum absolute atomic E-state index is 10.2. The summed E-state index contributed by atoms with van der Waals surface area (Å²) in [5.74, 6) is -0.901. The number of rotatable bonds is 6. The molecule has 2 N–H and O–H groups in total. The van der Waals surface area contributed by atoms with E-state index in [9.17, 15) is 4.79 Å². The molecule has 15 heavy (non-hydrogen) atoms. The van der Waals surface area contributed by atoms with E-state index < -0.39 is 5.97 Å². The number of carboxylic acids is 1. The second kappa shape index (κ2) is 6.37. The fourth-order valence-electron chi connectivity index (χ4n) is 1.27. The molecule has 0 fully saturated rings. The predicted molar refractivity (Wildman–Crippen MR) is 62.2 cm³/mol. The molecule has 3 nitrogen and oxygen atoms in total. The molecule has 0 amide bonds. The fourth-order valence-corrected chi connectivity index (χ4v) is 2.21. The summed E-state index contributed by atoms with van der Waals surface area (Å²) in [6.07, 6.45) is 3.81. The SMILES string of the molecule is CCc1ccsc1CNC/C=C/C(=O)O. The van der Waals surface area contributed by atoms with Crippen LogP contribution in [0.3, 0.4) is 0 Å². The van der Waals surface area contributed by atoms with Crippen LogP contribution < -0.4 is 5.32 Å². The van der Waals surface area contributed by atoms with Crippen molar-refractivity contribution in [3.8, 4) is 0 Å². The Morgan fingerprint density at radius 3 is 3.13 bits per heavy atom. The van der Waals surface area contributed by atoms with Crippen LogP contribution in [0, 0.1) is 0 Å². The van der Waals surface area contributed by atoms with Crippen molar-refractivity contribution in [2.24, 2.45) is 0 Å². The zero-order valence-corrected chi connectivity index (χ0v) is 9.51. The first kappa shape index (κ1) is 11.9. The van der Waals surface area contributed by atoms with Crippen LogP contribution in [0.4, 0.5) is 0 Å². The highest BCUT2D eigenvalue weighted by Crippen LogP contribution is 2.16. The van der Waals surface area contributed by atoms with E-state index in [1.54, 1.807) is 17.4 Å². The molecule has 0 aliphatic heterocycles. The zero-order valence-electron chi connectivity index (χ0n) is 8.69. The molecule has 0 aliphatic carbocycles. The number of hydrogen-bond donors (Lipinski definition) is 2. The van der Waals surface area contributed by atoms with E-state index in [4.69, 9.17) is 5.11 Å². The molecule has 4 heteroatoms. The van der Waals surface area contributed by atoms with E-state index >= 15 is 0 Å². The topological polar surface area (TPSA) is 49.3 Å². The van der Waals surface area contributed by atoms with Crippen LogP contribution in [0.2, 0.25) is 0 Å². The Balaban J connectivity index is 2.29. The molecule has 0 atom stereocenters. The van der Waals surface area contributed by atoms with Gasteiger partial charge in [0, 0.05) is 24.0 Å². The minimum atomic E-state index is -0.901. The molecule has 0 saturated carbocycles. The van der Waals surface area contributed by atoms with E-state index in [0.717, 1.165) is 19.0 Å². The van der Waals surface area contributed by atoms with Gasteiger partial charge in [0.1, 0.15) is 0 Å². The molecule has 0 aromatic carbocycles. The second-order valence-corrected chi connectivity index (χ2v) is 4.09. The smallest absolute Gasteiger partial charge is 0.328 e. The van der Waals surface area contributed by atoms with Crippen LogP contribution >= 0.6 is 11.3 Å². The minimum Gasteiger partial charge on any atom is -0.478 e. The Labute approximate surface area is 93.4 Å². The normalized spacial score (nSPS) is 11.0. The van der Waals surface area contributed by atoms with Gasteiger partial charge >= 0.3 is 5.97 Å². The van der Waals surface area contributed by atoms with Gasteiger partial charge in [0.05, 0.1) is 0 Å². The van der Waals surface area contributed by atoms with Crippen LogP contribution in [0.15, 0.2) is 23.6 Å². The molecule has 0 spiro atoms. The maximum atomic E-state index is 10.2. The van der Waals surface area contributed by atoms with Gasteiger partial charge in [-0.3, -0.25) is 0 Å². The minimum absolute atomic E-state index is 0.591. The highest BCUT2D eigenvalue weighted by atomic mass is 32.1. The lowest BCUT2D eigenvalue weighted by Gasteiger charge is -2.01. The summed E-state index contributed by atoms with van der Waals surface area (Å²) in [6, 6.07) is 2.13. The zero-order chi connectivity index (χ0) is 11.1. The molecule has 1 rings (SSSR count). The average molecular weight is 225 g/mol. The summed E-state index contributed by atoms with van der Waals surface area (Å²) in [6.45, 7) is 3.54. The molecule has 0 bridgehead atoms. The van der Waals surface area contributed by atoms with Crippen LogP contribution in [-0.4, -0.2) is 17.6 Å². The molecule has 0 aliphatic rings. The van der Waals surface area contributed by atoms with Gasteiger partial charge in [-0.25, -0.2) is 4.79 Å². The highest BCUT2D eigenvalue weighted by molar-refractivity contribution is 7.10. The summed E-state index contributed by atoms with van der Waals surface area (Å²) >= 11 is 1.74. The monoisotopic (exact) mass is 225 g/mol. The Hall–Kier alpha value is -1.13. The van der Waals surface area contributed by atoms with Gasteiger partial charge in [0.2, 0.25) is 0 Å².